The van der Waals surface area contributed by atoms with E-state index < -0.39 is 0 Å². The number of hydrogen-bond donors (Lipinski definition) is 1. The van der Waals surface area contributed by atoms with E-state index in [1.54, 1.807) is 6.07 Å². The smallest absolute Gasteiger partial charge is 0.291 e. The number of amidine groups is 1. The minimum Gasteiger partial charge on any atom is -0.462 e. The van der Waals surface area contributed by atoms with Crippen LogP contribution in [-0.2, 0) is 4.74 Å². The average molecular weight is 282 g/mol. The maximum Gasteiger partial charge on any atom is 0.291 e. The van der Waals surface area contributed by atoms with E-state index in [1.807, 2.05) is 25.3 Å². The molecule has 1 rings (SSSR count). The number of nitrogens with zero attached hydrogens (tertiary/aromatic N) is 1. The molecule has 1 aromatic rings. The van der Waals surface area contributed by atoms with Gasteiger partial charge in [0.05, 0.1) is 11.0 Å². The summed E-state index contributed by atoms with van der Waals surface area (Å²) in [4.78, 5) is 16.9. The number of rotatable bonds is 5. The Bertz CT molecular complexity index is 411. The van der Waals surface area contributed by atoms with Gasteiger partial charge in [-0.3, -0.25) is 10.1 Å². The van der Waals surface area contributed by atoms with Gasteiger partial charge in [-0.1, -0.05) is 19.9 Å². The zero-order chi connectivity index (χ0) is 14.3. The molecule has 1 aromatic heterocycles. The number of hydrogen-bond acceptors (Lipinski definition) is 4. The number of carbonyl (C=O) groups excluding carboxylic acids is 1. The fourth-order valence-electron chi connectivity index (χ4n) is 1.32. The molecule has 1 heterocycles. The highest BCUT2D eigenvalue weighted by Gasteiger charge is 2.11. The SMILES string of the molecule is CC(C)CCN=C(NC(=O)c1cccs1)OC(C)C. The molecule has 0 radical (unpaired) electrons. The third-order valence-corrected chi connectivity index (χ3v) is 3.14. The molecule has 0 atom stereocenters. The Morgan fingerprint density at radius 3 is 2.68 bits per heavy atom. The summed E-state index contributed by atoms with van der Waals surface area (Å²) in [5.41, 5.74) is 0. The summed E-state index contributed by atoms with van der Waals surface area (Å²) in [5, 5.41) is 4.59. The van der Waals surface area contributed by atoms with Crippen molar-refractivity contribution in [1.82, 2.24) is 5.32 Å². The van der Waals surface area contributed by atoms with Gasteiger partial charge in [0.15, 0.2) is 0 Å². The maximum absolute atomic E-state index is 11.9. The summed E-state index contributed by atoms with van der Waals surface area (Å²) < 4.78 is 5.52. The quantitative estimate of drug-likeness (QED) is 0.665. The molecule has 0 unspecified atom stereocenters. The van der Waals surface area contributed by atoms with E-state index in [0.717, 1.165) is 6.42 Å². The van der Waals surface area contributed by atoms with Crippen molar-refractivity contribution in [3.63, 3.8) is 0 Å². The van der Waals surface area contributed by atoms with Crippen molar-refractivity contribution in [1.29, 1.82) is 0 Å². The van der Waals surface area contributed by atoms with E-state index in [-0.39, 0.29) is 12.0 Å². The Hall–Kier alpha value is -1.36. The van der Waals surface area contributed by atoms with Gasteiger partial charge in [-0.15, -0.1) is 11.3 Å². The monoisotopic (exact) mass is 282 g/mol. The van der Waals surface area contributed by atoms with E-state index in [4.69, 9.17) is 4.74 Å². The first-order valence-corrected chi connectivity index (χ1v) is 7.43. The van der Waals surface area contributed by atoms with Gasteiger partial charge >= 0.3 is 0 Å². The number of amides is 1. The molecular formula is C14H22N2O2S. The van der Waals surface area contributed by atoms with Crippen molar-refractivity contribution in [3.8, 4) is 0 Å². The molecule has 0 aliphatic carbocycles. The third-order valence-electron chi connectivity index (χ3n) is 2.27. The van der Waals surface area contributed by atoms with E-state index in [2.05, 4.69) is 24.2 Å². The summed E-state index contributed by atoms with van der Waals surface area (Å²) >= 11 is 1.40. The first-order valence-electron chi connectivity index (χ1n) is 6.55. The molecule has 19 heavy (non-hydrogen) atoms. The topological polar surface area (TPSA) is 50.7 Å². The lowest BCUT2D eigenvalue weighted by atomic mass is 10.1. The fraction of sp³-hybridized carbons (Fsp3) is 0.571. The van der Waals surface area contributed by atoms with Crippen molar-refractivity contribution in [2.45, 2.75) is 40.2 Å². The zero-order valence-electron chi connectivity index (χ0n) is 12.0. The second-order valence-corrected chi connectivity index (χ2v) is 5.92. The van der Waals surface area contributed by atoms with Crippen LogP contribution in [0.25, 0.3) is 0 Å². The molecule has 4 nitrogen and oxygen atoms in total. The highest BCUT2D eigenvalue weighted by atomic mass is 32.1. The predicted octanol–water partition coefficient (Wildman–Crippen LogP) is 3.31. The molecule has 0 aliphatic heterocycles. The maximum atomic E-state index is 11.9. The van der Waals surface area contributed by atoms with E-state index >= 15 is 0 Å². The van der Waals surface area contributed by atoms with E-state index in [9.17, 15) is 4.79 Å². The molecule has 0 saturated heterocycles. The molecule has 106 valence electrons. The minimum absolute atomic E-state index is 0.0126. The molecule has 0 spiro atoms. The van der Waals surface area contributed by atoms with Crippen molar-refractivity contribution in [3.05, 3.63) is 22.4 Å². The van der Waals surface area contributed by atoms with Gasteiger partial charge in [0.2, 0.25) is 0 Å². The lowest BCUT2D eigenvalue weighted by Crippen LogP contribution is -2.34. The van der Waals surface area contributed by atoms with Crippen LogP contribution in [0, 0.1) is 5.92 Å². The van der Waals surface area contributed by atoms with Gasteiger partial charge in [0.1, 0.15) is 0 Å². The Balaban J connectivity index is 2.61. The number of ether oxygens (including phenoxy) is 1. The number of thiophene rings is 1. The average Bonchev–Trinajstić information content (AvgIpc) is 2.80. The summed E-state index contributed by atoms with van der Waals surface area (Å²) in [5.74, 6) is 0.413. The van der Waals surface area contributed by atoms with Crippen LogP contribution in [0.1, 0.15) is 43.8 Å². The minimum atomic E-state index is -0.168. The lowest BCUT2D eigenvalue weighted by Gasteiger charge is -2.13. The largest absolute Gasteiger partial charge is 0.462 e. The van der Waals surface area contributed by atoms with Crippen LogP contribution in [0.4, 0.5) is 0 Å². The number of aliphatic imine (C=N–C) groups is 1. The highest BCUT2D eigenvalue weighted by molar-refractivity contribution is 7.12. The van der Waals surface area contributed by atoms with Gasteiger partial charge in [-0.2, -0.15) is 0 Å². The van der Waals surface area contributed by atoms with Crippen molar-refractivity contribution < 1.29 is 9.53 Å². The molecular weight excluding hydrogens is 260 g/mol. The molecule has 0 saturated carbocycles. The van der Waals surface area contributed by atoms with Gasteiger partial charge in [0.25, 0.3) is 11.9 Å². The van der Waals surface area contributed by atoms with Crippen molar-refractivity contribution in [2.24, 2.45) is 10.9 Å². The molecule has 1 amide bonds. The van der Waals surface area contributed by atoms with Crippen LogP contribution < -0.4 is 5.32 Å². The Morgan fingerprint density at radius 1 is 1.42 bits per heavy atom. The normalized spacial score (nSPS) is 12.0. The molecule has 0 bridgehead atoms. The summed E-state index contributed by atoms with van der Waals surface area (Å²) in [7, 11) is 0. The van der Waals surface area contributed by atoms with Crippen LogP contribution in [0.2, 0.25) is 0 Å². The predicted molar refractivity (Wildman–Crippen MR) is 79.8 cm³/mol. The van der Waals surface area contributed by atoms with Crippen molar-refractivity contribution in [2.75, 3.05) is 6.54 Å². The second-order valence-electron chi connectivity index (χ2n) is 4.97. The molecule has 0 aromatic carbocycles. The van der Waals surface area contributed by atoms with Gasteiger partial charge in [-0.05, 0) is 37.6 Å². The van der Waals surface area contributed by atoms with Gasteiger partial charge in [-0.25, -0.2) is 4.99 Å². The van der Waals surface area contributed by atoms with Crippen LogP contribution in [0.5, 0.6) is 0 Å². The Morgan fingerprint density at radius 2 is 2.16 bits per heavy atom. The van der Waals surface area contributed by atoms with Crippen LogP contribution >= 0.6 is 11.3 Å². The molecule has 0 aliphatic rings. The summed E-state index contributed by atoms with van der Waals surface area (Å²) in [6, 6.07) is 3.94. The lowest BCUT2D eigenvalue weighted by molar-refractivity contribution is 0.0963. The van der Waals surface area contributed by atoms with E-state index in [1.165, 1.54) is 11.3 Å². The zero-order valence-corrected chi connectivity index (χ0v) is 12.8. The summed E-state index contributed by atoms with van der Waals surface area (Å²) in [6.45, 7) is 8.76. The van der Waals surface area contributed by atoms with Crippen molar-refractivity contribution >= 4 is 23.3 Å². The number of carbonyl (C=O) groups is 1. The number of nitrogens with one attached hydrogen (secondary N) is 1. The molecule has 0 fully saturated rings. The Kier molecular flexibility index (Phi) is 6.56. The highest BCUT2D eigenvalue weighted by Crippen LogP contribution is 2.08. The molecule has 5 heteroatoms. The first-order chi connectivity index (χ1) is 8.99. The second kappa shape index (κ2) is 7.94. The van der Waals surface area contributed by atoms with E-state index in [0.29, 0.717) is 23.4 Å². The van der Waals surface area contributed by atoms with Crippen LogP contribution in [0.3, 0.4) is 0 Å². The van der Waals surface area contributed by atoms with Crippen LogP contribution in [-0.4, -0.2) is 24.6 Å². The first kappa shape index (κ1) is 15.7. The summed E-state index contributed by atoms with van der Waals surface area (Å²) in [6.07, 6.45) is 0.959. The fourth-order valence-corrected chi connectivity index (χ4v) is 1.94. The Labute approximate surface area is 118 Å². The van der Waals surface area contributed by atoms with Gasteiger partial charge < -0.3 is 4.74 Å². The van der Waals surface area contributed by atoms with Crippen LogP contribution in [0.15, 0.2) is 22.5 Å². The van der Waals surface area contributed by atoms with Gasteiger partial charge in [0, 0.05) is 6.54 Å². The standard InChI is InChI=1S/C14H22N2O2S/c1-10(2)7-8-15-14(18-11(3)4)16-13(17)12-6-5-9-19-12/h5-6,9-11H,7-8H2,1-4H3,(H,15,16,17). The third kappa shape index (κ3) is 6.38. The molecule has 1 N–H and O–H groups in total.